The Morgan fingerprint density at radius 2 is 1.44 bits per heavy atom. The highest BCUT2D eigenvalue weighted by atomic mass is 14.8. The maximum atomic E-state index is 4.18. The number of nitrogens with zero attached hydrogens (tertiary/aromatic N) is 1. The van der Waals surface area contributed by atoms with Crippen molar-refractivity contribution in [3.63, 3.8) is 0 Å². The summed E-state index contributed by atoms with van der Waals surface area (Å²) >= 11 is 0. The Bertz CT molecular complexity index is 480. The first kappa shape index (κ1) is 13.8. The smallest absolute Gasteiger partial charge is 0.0814 e. The van der Waals surface area contributed by atoms with Gasteiger partial charge in [-0.2, -0.15) is 0 Å². The lowest BCUT2D eigenvalue weighted by Gasteiger charge is -1.91. The van der Waals surface area contributed by atoms with Crippen LogP contribution in [-0.4, -0.2) is 13.4 Å². The van der Waals surface area contributed by atoms with Crippen LogP contribution < -0.4 is 5.32 Å². The normalized spacial score (nSPS) is 11.8. The molecule has 1 aromatic carbocycles. The fourth-order valence-electron chi connectivity index (χ4n) is 1.42. The van der Waals surface area contributed by atoms with E-state index in [1.54, 1.807) is 0 Å². The first-order valence-corrected chi connectivity index (χ1v) is 5.51. The van der Waals surface area contributed by atoms with Crippen molar-refractivity contribution in [3.8, 4) is 0 Å². The van der Waals surface area contributed by atoms with Crippen molar-refractivity contribution in [1.29, 1.82) is 0 Å². The van der Waals surface area contributed by atoms with Gasteiger partial charge < -0.3 is 5.32 Å². The number of fused-ring (bicyclic) bond motifs is 1. The predicted octanol–water partition coefficient (Wildman–Crippen LogP) is 2.22. The third-order valence-electron chi connectivity index (χ3n) is 2.23. The minimum Gasteiger partial charge on any atom is -0.368 e. The van der Waals surface area contributed by atoms with Crippen LogP contribution in [-0.2, 0) is 0 Å². The highest BCUT2D eigenvalue weighted by molar-refractivity contribution is 5.77. The van der Waals surface area contributed by atoms with Crippen LogP contribution in [0.4, 0.5) is 0 Å². The summed E-state index contributed by atoms with van der Waals surface area (Å²) in [6.45, 7) is 0. The zero-order chi connectivity index (χ0) is 11.8. The van der Waals surface area contributed by atoms with Crippen LogP contribution in [0.3, 0.4) is 0 Å². The number of para-hydroxylation sites is 1. The second-order valence-corrected chi connectivity index (χ2v) is 3.47. The van der Waals surface area contributed by atoms with Crippen LogP contribution in [0.25, 0.3) is 10.9 Å². The largest absolute Gasteiger partial charge is 0.368 e. The summed E-state index contributed by atoms with van der Waals surface area (Å²) in [7, 11) is 0. The first-order chi connectivity index (χ1) is 8.47. The molecule has 2 heterocycles. The van der Waals surface area contributed by atoms with E-state index >= 15 is 0 Å². The van der Waals surface area contributed by atoms with E-state index < -0.39 is 0 Å². The lowest BCUT2D eigenvalue weighted by molar-refractivity contribution is 1.20. The zero-order valence-corrected chi connectivity index (χ0v) is 9.45. The van der Waals surface area contributed by atoms with E-state index in [9.17, 15) is 0 Å². The molecule has 0 saturated carbocycles. The monoisotopic (exact) mass is 236 g/mol. The highest BCUT2D eigenvalue weighted by Gasteiger charge is 1.86. The second kappa shape index (κ2) is 7.90. The van der Waals surface area contributed by atoms with Gasteiger partial charge in [0, 0.05) is 24.0 Å². The summed E-state index contributed by atoms with van der Waals surface area (Å²) < 4.78 is 0. The van der Waals surface area contributed by atoms with Crippen molar-refractivity contribution in [3.05, 3.63) is 79.3 Å². The molecule has 0 radical (unpaired) electrons. The zero-order valence-electron chi connectivity index (χ0n) is 9.45. The number of hydrogen-bond acceptors (Lipinski definition) is 2. The number of pyridine rings is 1. The van der Waals surface area contributed by atoms with Crippen molar-refractivity contribution < 1.29 is 0 Å². The van der Waals surface area contributed by atoms with E-state index in [0.717, 1.165) is 5.52 Å². The van der Waals surface area contributed by atoms with E-state index in [1.165, 1.54) is 5.39 Å². The minimum atomic E-state index is 0. The standard InChI is InChI=1S/C9H7N.C6H7N.BH3/c1-2-6-9-8(4-1)5-3-7-10-9;1-2-4-6-7-5-3-1;/h1-7H;1-7H;1H3. The average Bonchev–Trinajstić information content (AvgIpc) is 2.72. The van der Waals surface area contributed by atoms with Gasteiger partial charge >= 0.3 is 0 Å². The molecule has 0 amide bonds. The number of nitrogens with one attached hydrogen (secondary N) is 1. The molecule has 3 rings (SSSR count). The van der Waals surface area contributed by atoms with Crippen LogP contribution in [0.2, 0.25) is 0 Å². The van der Waals surface area contributed by atoms with Crippen LogP contribution >= 0.6 is 0 Å². The number of hydrogen-bond donors (Lipinski definition) is 1. The third kappa shape index (κ3) is 4.30. The Hall–Kier alpha value is -2.29. The van der Waals surface area contributed by atoms with Gasteiger partial charge in [-0.15, -0.1) is 0 Å². The molecule has 0 saturated heterocycles. The van der Waals surface area contributed by atoms with Gasteiger partial charge in [0.2, 0.25) is 0 Å². The van der Waals surface area contributed by atoms with E-state index in [4.69, 9.17) is 0 Å². The third-order valence-corrected chi connectivity index (χ3v) is 2.23. The molecule has 2 nitrogen and oxygen atoms in total. The number of benzene rings is 1. The summed E-state index contributed by atoms with van der Waals surface area (Å²) in [6.07, 6.45) is 13.4. The molecule has 1 N–H and O–H groups in total. The van der Waals surface area contributed by atoms with Crippen LogP contribution in [0.5, 0.6) is 0 Å². The lowest BCUT2D eigenvalue weighted by Crippen LogP contribution is -1.87. The van der Waals surface area contributed by atoms with Gasteiger partial charge in [0.15, 0.2) is 0 Å². The van der Waals surface area contributed by atoms with Gasteiger partial charge in [0.1, 0.15) is 0 Å². The maximum Gasteiger partial charge on any atom is 0.0814 e. The summed E-state index contributed by atoms with van der Waals surface area (Å²) in [6, 6.07) is 12.1. The highest BCUT2D eigenvalue weighted by Crippen LogP contribution is 2.07. The van der Waals surface area contributed by atoms with Crippen molar-refractivity contribution >= 4 is 19.3 Å². The van der Waals surface area contributed by atoms with E-state index in [1.807, 2.05) is 67.2 Å². The van der Waals surface area contributed by atoms with Gasteiger partial charge in [-0.3, -0.25) is 4.98 Å². The fraction of sp³-hybridized carbons (Fsp3) is 0. The molecule has 3 heteroatoms. The Balaban J connectivity index is 0.000000181. The van der Waals surface area contributed by atoms with Crippen molar-refractivity contribution in [2.45, 2.75) is 0 Å². The molecule has 0 bridgehead atoms. The van der Waals surface area contributed by atoms with Gasteiger partial charge in [-0.25, -0.2) is 0 Å². The van der Waals surface area contributed by atoms with Gasteiger partial charge in [-0.05, 0) is 24.3 Å². The summed E-state index contributed by atoms with van der Waals surface area (Å²) in [5.74, 6) is 0. The van der Waals surface area contributed by atoms with Crippen LogP contribution in [0, 0.1) is 0 Å². The number of rotatable bonds is 0. The molecule has 1 aliphatic heterocycles. The summed E-state index contributed by atoms with van der Waals surface area (Å²) in [4.78, 5) is 4.18. The fourth-order valence-corrected chi connectivity index (χ4v) is 1.42. The Labute approximate surface area is 109 Å². The Kier molecular flexibility index (Phi) is 6.05. The molecule has 18 heavy (non-hydrogen) atoms. The summed E-state index contributed by atoms with van der Waals surface area (Å²) in [5.41, 5.74) is 1.06. The predicted molar refractivity (Wildman–Crippen MR) is 82.2 cm³/mol. The van der Waals surface area contributed by atoms with Gasteiger partial charge in [0.25, 0.3) is 0 Å². The molecule has 0 atom stereocenters. The van der Waals surface area contributed by atoms with Gasteiger partial charge in [-0.1, -0.05) is 36.4 Å². The first-order valence-electron chi connectivity index (χ1n) is 5.51. The SMILES string of the molecule is B.C1=CC=CNC=C1.c1ccc2ncccc2c1. The molecule has 2 aromatic rings. The second-order valence-electron chi connectivity index (χ2n) is 3.47. The molecular weight excluding hydrogens is 219 g/mol. The van der Waals surface area contributed by atoms with Crippen molar-refractivity contribution in [2.75, 3.05) is 0 Å². The van der Waals surface area contributed by atoms with E-state index in [-0.39, 0.29) is 8.41 Å². The van der Waals surface area contributed by atoms with E-state index in [0.29, 0.717) is 0 Å². The maximum absolute atomic E-state index is 4.18. The molecule has 90 valence electrons. The van der Waals surface area contributed by atoms with Crippen molar-refractivity contribution in [1.82, 2.24) is 10.3 Å². The molecule has 1 aromatic heterocycles. The van der Waals surface area contributed by atoms with E-state index in [2.05, 4.69) is 22.4 Å². The van der Waals surface area contributed by atoms with Gasteiger partial charge in [0.05, 0.1) is 13.9 Å². The van der Waals surface area contributed by atoms with Crippen LogP contribution in [0.1, 0.15) is 0 Å². The molecule has 1 aliphatic rings. The lowest BCUT2D eigenvalue weighted by atomic mass is 10.2. The molecule has 0 aliphatic carbocycles. The van der Waals surface area contributed by atoms with Crippen LogP contribution in [0.15, 0.2) is 79.3 Å². The Morgan fingerprint density at radius 1 is 0.778 bits per heavy atom. The molecule has 0 spiro atoms. The molecular formula is C15H17BN2. The Morgan fingerprint density at radius 3 is 2.17 bits per heavy atom. The topological polar surface area (TPSA) is 24.9 Å². The minimum absolute atomic E-state index is 0. The summed E-state index contributed by atoms with van der Waals surface area (Å²) in [5, 5.41) is 4.12. The average molecular weight is 236 g/mol. The molecule has 0 fully saturated rings. The quantitative estimate of drug-likeness (QED) is 0.709. The number of allylic oxidation sites excluding steroid dienone is 4. The number of aromatic nitrogens is 1. The van der Waals surface area contributed by atoms with Crippen molar-refractivity contribution in [2.24, 2.45) is 0 Å². The molecule has 0 unspecified atom stereocenters.